The number of ether oxygens (including phenoxy) is 1. The van der Waals surface area contributed by atoms with Gasteiger partial charge >= 0.3 is 0 Å². The maximum absolute atomic E-state index is 5.88. The lowest BCUT2D eigenvalue weighted by Crippen LogP contribution is -2.68. The van der Waals surface area contributed by atoms with Crippen molar-refractivity contribution in [2.24, 2.45) is 16.3 Å². The first-order valence-electron chi connectivity index (χ1n) is 9.17. The third-order valence-corrected chi connectivity index (χ3v) is 5.86. The van der Waals surface area contributed by atoms with Gasteiger partial charge in [0, 0.05) is 31.0 Å². The largest absolute Gasteiger partial charge is 0.377 e. The van der Waals surface area contributed by atoms with Gasteiger partial charge in [-0.15, -0.1) is 24.0 Å². The number of hydrogen-bond acceptors (Lipinski definition) is 2. The zero-order chi connectivity index (χ0) is 17.3. The monoisotopic (exact) mass is 457 g/mol. The highest BCUT2D eigenvalue weighted by Gasteiger charge is 2.59. The molecule has 0 amide bonds. The number of aliphatic imine (C=N–C) groups is 1. The van der Waals surface area contributed by atoms with E-state index in [-0.39, 0.29) is 35.4 Å². The molecule has 1 saturated heterocycles. The Bertz CT molecular complexity index is 599. The van der Waals surface area contributed by atoms with Crippen molar-refractivity contribution < 1.29 is 4.74 Å². The Hall–Kier alpha value is -0.820. The Balaban J connectivity index is 0.00000225. The minimum atomic E-state index is 0. The van der Waals surface area contributed by atoms with Crippen LogP contribution in [0.3, 0.4) is 0 Å². The van der Waals surface area contributed by atoms with E-state index in [9.17, 15) is 0 Å². The number of hydrogen-bond donors (Lipinski definition) is 2. The van der Waals surface area contributed by atoms with Gasteiger partial charge in [-0.1, -0.05) is 45.0 Å². The highest BCUT2D eigenvalue weighted by molar-refractivity contribution is 14.0. The molecule has 0 aromatic heterocycles. The molecule has 0 spiro atoms. The van der Waals surface area contributed by atoms with E-state index in [0.717, 1.165) is 25.4 Å². The lowest BCUT2D eigenvalue weighted by atomic mass is 9.57. The molecule has 4 nitrogen and oxygen atoms in total. The van der Waals surface area contributed by atoms with E-state index >= 15 is 0 Å². The highest BCUT2D eigenvalue weighted by Crippen LogP contribution is 2.52. The Morgan fingerprint density at radius 1 is 1.32 bits per heavy atom. The highest BCUT2D eigenvalue weighted by atomic mass is 127. The van der Waals surface area contributed by atoms with Crippen molar-refractivity contribution in [3.8, 4) is 0 Å². The van der Waals surface area contributed by atoms with E-state index in [4.69, 9.17) is 4.74 Å². The van der Waals surface area contributed by atoms with Crippen LogP contribution in [0.5, 0.6) is 0 Å². The summed E-state index contributed by atoms with van der Waals surface area (Å²) in [6.07, 6.45) is 2.62. The molecule has 2 N–H and O–H groups in total. The number of rotatable bonds is 4. The van der Waals surface area contributed by atoms with Crippen LogP contribution in [-0.2, 0) is 11.2 Å². The molecule has 3 rings (SSSR count). The Morgan fingerprint density at radius 2 is 2.00 bits per heavy atom. The normalized spacial score (nSPS) is 28.4. The van der Waals surface area contributed by atoms with Gasteiger partial charge in [0.25, 0.3) is 0 Å². The average Bonchev–Trinajstić information content (AvgIpc) is 3.05. The third kappa shape index (κ3) is 3.97. The van der Waals surface area contributed by atoms with Gasteiger partial charge < -0.3 is 15.4 Å². The molecule has 4 atom stereocenters. The maximum Gasteiger partial charge on any atom is 0.191 e. The molecule has 2 fully saturated rings. The van der Waals surface area contributed by atoms with Crippen molar-refractivity contribution >= 4 is 29.9 Å². The first-order chi connectivity index (χ1) is 11.5. The molecule has 0 radical (unpaired) electrons. The molecular weight excluding hydrogens is 425 g/mol. The van der Waals surface area contributed by atoms with E-state index < -0.39 is 0 Å². The first-order valence-corrected chi connectivity index (χ1v) is 9.17. The summed E-state index contributed by atoms with van der Waals surface area (Å²) in [4.78, 5) is 4.44. The lowest BCUT2D eigenvalue weighted by Gasteiger charge is -2.55. The fraction of sp³-hybridized carbons (Fsp3) is 0.650. The molecule has 1 heterocycles. The molecular formula is C20H32IN3O. The molecule has 140 valence electrons. The fourth-order valence-electron chi connectivity index (χ4n) is 4.27. The topological polar surface area (TPSA) is 45.7 Å². The molecule has 2 aliphatic rings. The van der Waals surface area contributed by atoms with Gasteiger partial charge in [0.2, 0.25) is 0 Å². The van der Waals surface area contributed by atoms with Crippen molar-refractivity contribution in [2.75, 3.05) is 13.7 Å². The number of benzene rings is 1. The number of nitrogens with one attached hydrogen (secondary N) is 2. The average molecular weight is 457 g/mol. The summed E-state index contributed by atoms with van der Waals surface area (Å²) in [5.41, 5.74) is 2.81. The zero-order valence-corrected chi connectivity index (χ0v) is 18.3. The van der Waals surface area contributed by atoms with Crippen LogP contribution in [0.2, 0.25) is 0 Å². The summed E-state index contributed by atoms with van der Waals surface area (Å²) < 4.78 is 5.88. The summed E-state index contributed by atoms with van der Waals surface area (Å²) in [5.74, 6) is 1.49. The molecule has 1 aliphatic heterocycles. The lowest BCUT2D eigenvalue weighted by molar-refractivity contribution is -0.106. The predicted molar refractivity (Wildman–Crippen MR) is 115 cm³/mol. The summed E-state index contributed by atoms with van der Waals surface area (Å²) in [6.45, 7) is 9.84. The Kier molecular flexibility index (Phi) is 6.76. The van der Waals surface area contributed by atoms with Crippen molar-refractivity contribution in [2.45, 2.75) is 58.7 Å². The number of fused-ring (bicyclic) bond motifs is 1. The summed E-state index contributed by atoms with van der Waals surface area (Å²) in [5, 5.41) is 7.18. The van der Waals surface area contributed by atoms with Crippen LogP contribution in [-0.4, -0.2) is 31.8 Å². The molecule has 1 aromatic carbocycles. The Labute approximate surface area is 169 Å². The van der Waals surface area contributed by atoms with Gasteiger partial charge in [-0.2, -0.15) is 0 Å². The van der Waals surface area contributed by atoms with Gasteiger partial charge in [-0.05, 0) is 30.9 Å². The maximum atomic E-state index is 5.88. The second-order valence-electron chi connectivity index (χ2n) is 7.72. The first kappa shape index (κ1) is 20.5. The van der Waals surface area contributed by atoms with Crippen molar-refractivity contribution in [1.29, 1.82) is 0 Å². The number of aryl methyl sites for hydroxylation is 1. The molecule has 1 saturated carbocycles. The molecule has 4 unspecified atom stereocenters. The summed E-state index contributed by atoms with van der Waals surface area (Å²) in [6, 6.07) is 9.47. The van der Waals surface area contributed by atoms with Crippen molar-refractivity contribution in [1.82, 2.24) is 10.6 Å². The van der Waals surface area contributed by atoms with Crippen molar-refractivity contribution in [3.63, 3.8) is 0 Å². The molecule has 1 aromatic rings. The predicted octanol–water partition coefficient (Wildman–Crippen LogP) is 3.91. The summed E-state index contributed by atoms with van der Waals surface area (Å²) in [7, 11) is 1.84. The molecule has 5 heteroatoms. The van der Waals surface area contributed by atoms with Crippen LogP contribution >= 0.6 is 24.0 Å². The van der Waals surface area contributed by atoms with Crippen LogP contribution in [0.15, 0.2) is 29.3 Å². The number of nitrogens with zero attached hydrogens (tertiary/aromatic N) is 1. The third-order valence-electron chi connectivity index (χ3n) is 5.86. The van der Waals surface area contributed by atoms with E-state index in [1.54, 1.807) is 0 Å². The fourth-order valence-corrected chi connectivity index (χ4v) is 4.27. The van der Waals surface area contributed by atoms with Gasteiger partial charge in [0.15, 0.2) is 5.96 Å². The van der Waals surface area contributed by atoms with Gasteiger partial charge in [-0.25, -0.2) is 0 Å². The van der Waals surface area contributed by atoms with Crippen LogP contribution < -0.4 is 10.6 Å². The van der Waals surface area contributed by atoms with Crippen LogP contribution in [0, 0.1) is 11.3 Å². The zero-order valence-electron chi connectivity index (χ0n) is 16.0. The molecule has 1 aliphatic carbocycles. The van der Waals surface area contributed by atoms with E-state index in [1.807, 2.05) is 7.05 Å². The number of halogens is 1. The van der Waals surface area contributed by atoms with E-state index in [2.05, 4.69) is 67.6 Å². The van der Waals surface area contributed by atoms with Gasteiger partial charge in [-0.3, -0.25) is 4.99 Å². The SMILES string of the molecule is CCc1ccc(C(C)NC(=NC)NC2C3CCOC3C2(C)C)cc1.I. The standard InChI is InChI=1S/C20H31N3O.HI/c1-6-14-7-9-15(10-8-14)13(2)22-19(21-5)23-17-16-11-12-24-18(16)20(17,3)4;/h7-10,13,16-18H,6,11-12H2,1-5H3,(H2,21,22,23);1H. The summed E-state index contributed by atoms with van der Waals surface area (Å²) >= 11 is 0. The minimum absolute atomic E-state index is 0. The van der Waals surface area contributed by atoms with Crippen molar-refractivity contribution in [3.05, 3.63) is 35.4 Å². The second-order valence-corrected chi connectivity index (χ2v) is 7.72. The molecule has 25 heavy (non-hydrogen) atoms. The van der Waals surface area contributed by atoms with Gasteiger partial charge in [0.1, 0.15) is 0 Å². The van der Waals surface area contributed by atoms with E-state index in [0.29, 0.717) is 18.1 Å². The Morgan fingerprint density at radius 3 is 2.60 bits per heavy atom. The second kappa shape index (κ2) is 8.25. The quantitative estimate of drug-likeness (QED) is 0.410. The molecule has 0 bridgehead atoms. The minimum Gasteiger partial charge on any atom is -0.377 e. The van der Waals surface area contributed by atoms with E-state index in [1.165, 1.54) is 11.1 Å². The van der Waals surface area contributed by atoms with Gasteiger partial charge in [0.05, 0.1) is 12.1 Å². The number of guanidine groups is 1. The van der Waals surface area contributed by atoms with Crippen LogP contribution in [0.1, 0.15) is 51.3 Å². The van der Waals surface area contributed by atoms with Crippen LogP contribution in [0.25, 0.3) is 0 Å². The smallest absolute Gasteiger partial charge is 0.191 e. The van der Waals surface area contributed by atoms with Crippen LogP contribution in [0.4, 0.5) is 0 Å².